The van der Waals surface area contributed by atoms with E-state index in [0.717, 1.165) is 12.5 Å². The first-order valence-electron chi connectivity index (χ1n) is 6.62. The maximum atomic E-state index is 3.46. The number of nitrogens with one attached hydrogen (secondary N) is 1. The number of hydrogen-bond acceptors (Lipinski definition) is 1. The minimum absolute atomic E-state index is 0.633. The van der Waals surface area contributed by atoms with Gasteiger partial charge in [-0.2, -0.15) is 0 Å². The highest BCUT2D eigenvalue weighted by Crippen LogP contribution is 2.39. The van der Waals surface area contributed by atoms with E-state index in [1.807, 2.05) is 0 Å². The fourth-order valence-electron chi connectivity index (χ4n) is 2.21. The number of aryl methyl sites for hydroxylation is 1. The Kier molecular flexibility index (Phi) is 4.00. The third kappa shape index (κ3) is 3.34. The zero-order valence-corrected chi connectivity index (χ0v) is 10.5. The van der Waals surface area contributed by atoms with E-state index in [0.29, 0.717) is 6.04 Å². The quantitative estimate of drug-likeness (QED) is 0.769. The normalized spacial score (nSPS) is 17.4. The molecule has 1 unspecified atom stereocenters. The van der Waals surface area contributed by atoms with Gasteiger partial charge in [-0.05, 0) is 56.2 Å². The second-order valence-corrected chi connectivity index (χ2v) is 5.01. The van der Waals surface area contributed by atoms with E-state index in [9.17, 15) is 0 Å². The van der Waals surface area contributed by atoms with Gasteiger partial charge < -0.3 is 5.32 Å². The molecule has 0 amide bonds. The van der Waals surface area contributed by atoms with Crippen LogP contribution >= 0.6 is 0 Å². The minimum Gasteiger partial charge on any atom is -0.315 e. The van der Waals surface area contributed by atoms with Crippen molar-refractivity contribution < 1.29 is 0 Å². The van der Waals surface area contributed by atoms with Crippen molar-refractivity contribution in [2.75, 3.05) is 6.54 Å². The summed E-state index contributed by atoms with van der Waals surface area (Å²) in [5.74, 6) is 0.884. The molecule has 1 N–H and O–H groups in total. The van der Waals surface area contributed by atoms with Crippen LogP contribution in [-0.4, -0.2) is 12.6 Å². The summed E-state index contributed by atoms with van der Waals surface area (Å²) in [5, 5.41) is 3.46. The molecule has 0 aromatic heterocycles. The van der Waals surface area contributed by atoms with Gasteiger partial charge in [0.2, 0.25) is 0 Å². The lowest BCUT2D eigenvalue weighted by molar-refractivity contribution is 0.530. The van der Waals surface area contributed by atoms with Crippen LogP contribution in [0.3, 0.4) is 0 Å². The Hall–Kier alpha value is -0.820. The van der Waals surface area contributed by atoms with Crippen LogP contribution in [0.5, 0.6) is 0 Å². The summed E-state index contributed by atoms with van der Waals surface area (Å²) in [5.41, 5.74) is 3.03. The maximum Gasteiger partial charge on any atom is 0.00417 e. The van der Waals surface area contributed by atoms with E-state index >= 15 is 0 Å². The maximum absolute atomic E-state index is 3.46. The monoisotopic (exact) mass is 217 g/mol. The Morgan fingerprint density at radius 3 is 2.50 bits per heavy atom. The Balaban J connectivity index is 1.80. The number of rotatable bonds is 6. The van der Waals surface area contributed by atoms with Crippen molar-refractivity contribution in [3.05, 3.63) is 35.4 Å². The molecule has 1 atom stereocenters. The van der Waals surface area contributed by atoms with Crippen molar-refractivity contribution in [2.45, 2.75) is 51.5 Å². The van der Waals surface area contributed by atoms with Gasteiger partial charge >= 0.3 is 0 Å². The Labute approximate surface area is 99.3 Å². The summed E-state index contributed by atoms with van der Waals surface area (Å²) < 4.78 is 0. The Bertz CT molecular complexity index is 311. The van der Waals surface area contributed by atoms with Gasteiger partial charge in [0.1, 0.15) is 0 Å². The molecule has 0 aliphatic heterocycles. The van der Waals surface area contributed by atoms with Gasteiger partial charge in [0.15, 0.2) is 0 Å². The molecule has 0 radical (unpaired) electrons. The molecule has 1 aliphatic carbocycles. The van der Waals surface area contributed by atoms with E-state index in [-0.39, 0.29) is 0 Å². The molecule has 0 heterocycles. The second-order valence-electron chi connectivity index (χ2n) is 5.01. The van der Waals surface area contributed by atoms with E-state index in [1.54, 1.807) is 5.56 Å². The summed E-state index contributed by atoms with van der Waals surface area (Å²) in [7, 11) is 0. The molecule has 1 aliphatic rings. The largest absolute Gasteiger partial charge is 0.315 e. The topological polar surface area (TPSA) is 12.0 Å². The third-order valence-corrected chi connectivity index (χ3v) is 3.45. The fourth-order valence-corrected chi connectivity index (χ4v) is 2.21. The van der Waals surface area contributed by atoms with Crippen molar-refractivity contribution in [3.63, 3.8) is 0 Å². The van der Waals surface area contributed by atoms with Crippen LogP contribution in [0.2, 0.25) is 0 Å². The van der Waals surface area contributed by atoms with Gasteiger partial charge in [-0.15, -0.1) is 0 Å². The van der Waals surface area contributed by atoms with Crippen LogP contribution in [0.25, 0.3) is 0 Å². The summed E-state index contributed by atoms with van der Waals surface area (Å²) >= 11 is 0. The van der Waals surface area contributed by atoms with Crippen LogP contribution < -0.4 is 5.32 Å². The molecule has 2 rings (SSSR count). The van der Waals surface area contributed by atoms with E-state index in [1.165, 1.54) is 31.2 Å². The van der Waals surface area contributed by atoms with Gasteiger partial charge in [0.25, 0.3) is 0 Å². The van der Waals surface area contributed by atoms with Crippen LogP contribution in [0.4, 0.5) is 0 Å². The molecule has 1 aromatic rings. The molecular formula is C15H23N. The average Bonchev–Trinajstić information content (AvgIpc) is 3.11. The van der Waals surface area contributed by atoms with Crippen LogP contribution in [-0.2, 0) is 6.42 Å². The zero-order valence-electron chi connectivity index (χ0n) is 10.5. The second kappa shape index (κ2) is 5.49. The van der Waals surface area contributed by atoms with Crippen LogP contribution in [0.1, 0.15) is 50.2 Å². The molecule has 1 nitrogen and oxygen atoms in total. The summed E-state index contributed by atoms with van der Waals surface area (Å²) in [6, 6.07) is 9.90. The third-order valence-electron chi connectivity index (χ3n) is 3.45. The fraction of sp³-hybridized carbons (Fsp3) is 0.600. The Morgan fingerprint density at radius 2 is 1.94 bits per heavy atom. The molecule has 1 heteroatoms. The van der Waals surface area contributed by atoms with Crippen molar-refractivity contribution in [1.29, 1.82) is 0 Å². The first-order valence-corrected chi connectivity index (χ1v) is 6.62. The molecule has 1 aromatic carbocycles. The molecular weight excluding hydrogens is 194 g/mol. The average molecular weight is 217 g/mol. The molecule has 88 valence electrons. The highest BCUT2D eigenvalue weighted by atomic mass is 14.9. The highest BCUT2D eigenvalue weighted by Gasteiger charge is 2.22. The highest BCUT2D eigenvalue weighted by molar-refractivity contribution is 5.28. The Morgan fingerprint density at radius 1 is 1.25 bits per heavy atom. The molecule has 0 saturated heterocycles. The summed E-state index contributed by atoms with van der Waals surface area (Å²) in [6.07, 6.45) is 5.23. The molecule has 1 saturated carbocycles. The van der Waals surface area contributed by atoms with Crippen LogP contribution in [0.15, 0.2) is 24.3 Å². The number of benzene rings is 1. The van der Waals surface area contributed by atoms with Crippen molar-refractivity contribution in [3.8, 4) is 0 Å². The smallest absolute Gasteiger partial charge is 0.00417 e. The van der Waals surface area contributed by atoms with Crippen molar-refractivity contribution in [2.24, 2.45) is 0 Å². The van der Waals surface area contributed by atoms with Crippen LogP contribution in [0, 0.1) is 0 Å². The van der Waals surface area contributed by atoms with E-state index in [4.69, 9.17) is 0 Å². The van der Waals surface area contributed by atoms with Crippen molar-refractivity contribution in [1.82, 2.24) is 5.32 Å². The summed E-state index contributed by atoms with van der Waals surface area (Å²) in [6.45, 7) is 5.50. The first-order chi connectivity index (χ1) is 7.79. The predicted octanol–water partition coefficient (Wildman–Crippen LogP) is 3.49. The zero-order chi connectivity index (χ0) is 11.4. The molecule has 0 bridgehead atoms. The lowest BCUT2D eigenvalue weighted by Gasteiger charge is -2.11. The first kappa shape index (κ1) is 11.7. The molecule has 16 heavy (non-hydrogen) atoms. The van der Waals surface area contributed by atoms with Gasteiger partial charge in [-0.25, -0.2) is 0 Å². The molecule has 1 fully saturated rings. The molecule has 0 spiro atoms. The lowest BCUT2D eigenvalue weighted by Crippen LogP contribution is -2.25. The standard InChI is InChI=1S/C15H23N/c1-3-16-12(2)4-5-13-6-8-14(9-7-13)15-10-11-15/h6-9,12,15-16H,3-5,10-11H2,1-2H3. The van der Waals surface area contributed by atoms with Gasteiger partial charge in [-0.1, -0.05) is 31.2 Å². The van der Waals surface area contributed by atoms with Gasteiger partial charge in [0, 0.05) is 6.04 Å². The van der Waals surface area contributed by atoms with Gasteiger partial charge in [0.05, 0.1) is 0 Å². The summed E-state index contributed by atoms with van der Waals surface area (Å²) in [4.78, 5) is 0. The lowest BCUT2D eigenvalue weighted by atomic mass is 10.0. The van der Waals surface area contributed by atoms with E-state index in [2.05, 4.69) is 43.4 Å². The van der Waals surface area contributed by atoms with Gasteiger partial charge in [-0.3, -0.25) is 0 Å². The minimum atomic E-state index is 0.633. The number of hydrogen-bond donors (Lipinski definition) is 1. The van der Waals surface area contributed by atoms with Crippen molar-refractivity contribution >= 4 is 0 Å². The van der Waals surface area contributed by atoms with E-state index < -0.39 is 0 Å². The predicted molar refractivity (Wildman–Crippen MR) is 69.9 cm³/mol. The SMILES string of the molecule is CCNC(C)CCc1ccc(C2CC2)cc1.